The molecule has 1 aromatic carbocycles. The molecule has 0 atom stereocenters. The van der Waals surface area contributed by atoms with Crippen molar-refractivity contribution in [3.8, 4) is 11.8 Å². The topological polar surface area (TPSA) is 155 Å². The van der Waals surface area contributed by atoms with Gasteiger partial charge in [0, 0.05) is 19.2 Å². The number of rotatable bonds is 15. The molecule has 0 radical (unpaired) electrons. The first kappa shape index (κ1) is 31.9. The number of hydrogen-bond acceptors (Lipinski definition) is 9. The van der Waals surface area contributed by atoms with E-state index in [1.54, 1.807) is 35.3 Å². The van der Waals surface area contributed by atoms with Crippen LogP contribution in [0.15, 0.2) is 59.5 Å². The van der Waals surface area contributed by atoms with Crippen molar-refractivity contribution in [2.75, 3.05) is 46.6 Å². The van der Waals surface area contributed by atoms with E-state index in [2.05, 4.69) is 9.44 Å². The zero-order valence-corrected chi connectivity index (χ0v) is 25.1. The van der Waals surface area contributed by atoms with E-state index in [1.165, 1.54) is 13.2 Å². The van der Waals surface area contributed by atoms with Crippen LogP contribution in [0.3, 0.4) is 0 Å². The first-order valence-corrected chi connectivity index (χ1v) is 16.8. The largest absolute Gasteiger partial charge is 0.439 e. The summed E-state index contributed by atoms with van der Waals surface area (Å²) in [6.45, 7) is 2.53. The van der Waals surface area contributed by atoms with E-state index in [0.29, 0.717) is 41.3 Å². The van der Waals surface area contributed by atoms with Gasteiger partial charge in [-0.2, -0.15) is 5.26 Å². The van der Waals surface area contributed by atoms with Gasteiger partial charge in [0.2, 0.25) is 25.9 Å². The number of Topliss-reactive ketones (excluding diaryl/α,β-unsaturated/α-hetero) is 1. The second-order valence-electron chi connectivity index (χ2n) is 9.60. The Morgan fingerprint density at radius 1 is 1.17 bits per heavy atom. The van der Waals surface area contributed by atoms with Gasteiger partial charge in [0.1, 0.15) is 11.4 Å². The lowest BCUT2D eigenvalue weighted by molar-refractivity contribution is -0.114. The Hall–Kier alpha value is -3.60. The third-order valence-corrected chi connectivity index (χ3v) is 8.21. The molecule has 0 fully saturated rings. The number of sulfonamides is 2. The van der Waals surface area contributed by atoms with Gasteiger partial charge in [-0.15, -0.1) is 0 Å². The number of nitrogens with zero attached hydrogens (tertiary/aromatic N) is 2. The lowest BCUT2D eigenvalue weighted by Gasteiger charge is -2.22. The first-order valence-electron chi connectivity index (χ1n) is 13.3. The Balaban J connectivity index is 2.04. The predicted octanol–water partition coefficient (Wildman–Crippen LogP) is 4.36. The molecule has 1 aromatic rings. The molecule has 222 valence electrons. The smallest absolute Gasteiger partial charge is 0.232 e. The molecule has 0 unspecified atom stereocenters. The van der Waals surface area contributed by atoms with E-state index in [0.717, 1.165) is 25.5 Å². The van der Waals surface area contributed by atoms with E-state index in [1.807, 2.05) is 19.1 Å². The van der Waals surface area contributed by atoms with Crippen LogP contribution in [-0.2, 0) is 29.6 Å². The van der Waals surface area contributed by atoms with Crippen molar-refractivity contribution >= 4 is 42.9 Å². The van der Waals surface area contributed by atoms with Gasteiger partial charge in [-0.25, -0.2) is 16.8 Å². The number of nitrogens with one attached hydrogen (secondary N) is 2. The number of benzene rings is 1. The van der Waals surface area contributed by atoms with E-state index in [9.17, 15) is 21.6 Å². The Morgan fingerprint density at radius 3 is 2.63 bits per heavy atom. The third-order valence-electron chi connectivity index (χ3n) is 6.28. The van der Waals surface area contributed by atoms with Gasteiger partial charge in [0.15, 0.2) is 11.5 Å². The lowest BCUT2D eigenvalue weighted by atomic mass is 9.93. The van der Waals surface area contributed by atoms with Crippen molar-refractivity contribution in [2.45, 2.75) is 45.4 Å². The molecule has 1 aliphatic heterocycles. The molecule has 0 saturated carbocycles. The van der Waals surface area contributed by atoms with Crippen molar-refractivity contribution in [1.82, 2.24) is 0 Å². The Labute approximate surface area is 242 Å². The van der Waals surface area contributed by atoms with E-state index in [4.69, 9.17) is 14.7 Å². The average Bonchev–Trinajstić information content (AvgIpc) is 3.27. The molecule has 0 bridgehead atoms. The summed E-state index contributed by atoms with van der Waals surface area (Å²) in [4.78, 5) is 14.1. The highest BCUT2D eigenvalue weighted by Crippen LogP contribution is 2.48. The van der Waals surface area contributed by atoms with Crippen molar-refractivity contribution in [3.63, 3.8) is 0 Å². The van der Waals surface area contributed by atoms with Crippen LogP contribution in [0, 0.1) is 11.3 Å². The van der Waals surface area contributed by atoms with E-state index < -0.39 is 20.0 Å². The number of fused-ring (bicyclic) bond motifs is 1. The number of allylic oxidation sites excluding steroid dienone is 7. The SMILES string of the molecule is CCCCCCS(=O)(=O)Nc1ccc2c(c1NS(C)(=O)=O)N(CCOC)C(=CC=C1CC=CC=C1C(=O)CC#N)O2. The summed E-state index contributed by atoms with van der Waals surface area (Å²) in [5.41, 5.74) is 1.54. The maximum atomic E-state index is 12.9. The molecule has 0 aromatic heterocycles. The van der Waals surface area contributed by atoms with Crippen LogP contribution in [0.4, 0.5) is 17.1 Å². The summed E-state index contributed by atoms with van der Waals surface area (Å²) in [6.07, 6.45) is 13.0. The van der Waals surface area contributed by atoms with Crippen molar-refractivity contribution < 1.29 is 31.1 Å². The Morgan fingerprint density at radius 2 is 1.95 bits per heavy atom. The summed E-state index contributed by atoms with van der Waals surface area (Å²) in [5.74, 6) is 0.240. The number of ether oxygens (including phenoxy) is 2. The van der Waals surface area contributed by atoms with Crippen LogP contribution >= 0.6 is 0 Å². The summed E-state index contributed by atoms with van der Waals surface area (Å²) < 4.78 is 66.9. The Kier molecular flexibility index (Phi) is 11.2. The zero-order chi connectivity index (χ0) is 30.0. The maximum Gasteiger partial charge on any atom is 0.232 e. The summed E-state index contributed by atoms with van der Waals surface area (Å²) >= 11 is 0. The molecule has 2 N–H and O–H groups in total. The first-order chi connectivity index (χ1) is 19.5. The summed E-state index contributed by atoms with van der Waals surface area (Å²) in [5, 5.41) is 8.96. The standard InChI is InChI=1S/C28H36N4O7S2/c1-4-5-6-9-20-41(36,37)30-23-13-14-25-28(27(23)31-40(3,34)35)32(18-19-38-2)26(39-25)15-12-21-10-7-8-11-22(21)24(33)16-17-29/h7-8,11-15,30-31H,4-6,9-10,16,18-20H2,1-3H3. The second-order valence-corrected chi connectivity index (χ2v) is 13.2. The van der Waals surface area contributed by atoms with Crippen LogP contribution < -0.4 is 19.1 Å². The molecule has 1 heterocycles. The number of nitriles is 1. The molecule has 13 heteroatoms. The number of methoxy groups -OCH3 is 1. The van der Waals surface area contributed by atoms with Gasteiger partial charge < -0.3 is 14.4 Å². The average molecular weight is 605 g/mol. The van der Waals surface area contributed by atoms with E-state index in [-0.39, 0.29) is 42.5 Å². The minimum Gasteiger partial charge on any atom is -0.439 e. The fraction of sp³-hybridized carbons (Fsp3) is 0.429. The monoisotopic (exact) mass is 604 g/mol. The highest BCUT2D eigenvalue weighted by Gasteiger charge is 2.32. The minimum absolute atomic E-state index is 0.0275. The highest BCUT2D eigenvalue weighted by atomic mass is 32.2. The molecule has 41 heavy (non-hydrogen) atoms. The van der Waals surface area contributed by atoms with Crippen molar-refractivity contribution in [3.05, 3.63) is 59.5 Å². The van der Waals surface area contributed by atoms with Crippen molar-refractivity contribution in [1.29, 1.82) is 5.26 Å². The summed E-state index contributed by atoms with van der Waals surface area (Å²) in [6, 6.07) is 4.90. The summed E-state index contributed by atoms with van der Waals surface area (Å²) in [7, 11) is -6.06. The Bertz CT molecular complexity index is 1520. The second kappa shape index (κ2) is 14.3. The van der Waals surface area contributed by atoms with Gasteiger partial charge in [0.25, 0.3) is 0 Å². The van der Waals surface area contributed by atoms with Crippen LogP contribution in [0.25, 0.3) is 0 Å². The number of anilines is 3. The predicted molar refractivity (Wildman–Crippen MR) is 160 cm³/mol. The minimum atomic E-state index is -3.82. The normalized spacial score (nSPS) is 16.7. The number of unbranched alkanes of at least 4 members (excludes halogenated alkanes) is 3. The van der Waals surface area contributed by atoms with Gasteiger partial charge in [0.05, 0.1) is 36.8 Å². The lowest BCUT2D eigenvalue weighted by Crippen LogP contribution is -2.26. The zero-order valence-electron chi connectivity index (χ0n) is 23.5. The van der Waals surface area contributed by atoms with E-state index >= 15 is 0 Å². The van der Waals surface area contributed by atoms with Gasteiger partial charge in [-0.05, 0) is 36.6 Å². The third kappa shape index (κ3) is 8.94. The highest BCUT2D eigenvalue weighted by molar-refractivity contribution is 7.93. The number of carbonyl (C=O) groups excluding carboxylic acids is 1. The quantitative estimate of drug-likeness (QED) is 0.278. The fourth-order valence-electron chi connectivity index (χ4n) is 4.39. The molecular weight excluding hydrogens is 568 g/mol. The number of hydrogen-bond donors (Lipinski definition) is 2. The van der Waals surface area contributed by atoms with Crippen LogP contribution in [0.2, 0.25) is 0 Å². The molecule has 0 amide bonds. The maximum absolute atomic E-state index is 12.9. The number of carbonyl (C=O) groups is 1. The molecular formula is C28H36N4O7S2. The molecule has 3 rings (SSSR count). The van der Waals surface area contributed by atoms with Crippen LogP contribution in [0.5, 0.6) is 5.75 Å². The van der Waals surface area contributed by atoms with Gasteiger partial charge >= 0.3 is 0 Å². The van der Waals surface area contributed by atoms with Gasteiger partial charge in [-0.3, -0.25) is 14.2 Å². The molecule has 0 spiro atoms. The van der Waals surface area contributed by atoms with Crippen LogP contribution in [0.1, 0.15) is 45.4 Å². The molecule has 0 saturated heterocycles. The molecule has 11 nitrogen and oxygen atoms in total. The molecule has 1 aliphatic carbocycles. The number of ketones is 1. The fourth-order valence-corrected chi connectivity index (χ4v) is 6.15. The van der Waals surface area contributed by atoms with Crippen molar-refractivity contribution in [2.24, 2.45) is 0 Å². The van der Waals surface area contributed by atoms with Crippen LogP contribution in [-0.4, -0.2) is 54.9 Å². The van der Waals surface area contributed by atoms with Gasteiger partial charge in [-0.1, -0.05) is 50.5 Å². The molecule has 2 aliphatic rings.